The van der Waals surface area contributed by atoms with Crippen molar-refractivity contribution in [2.45, 2.75) is 32.2 Å². The molecule has 3 N–H and O–H groups in total. The molecule has 1 atom stereocenters. The summed E-state index contributed by atoms with van der Waals surface area (Å²) >= 11 is 0. The molecule has 100 valence electrons. The summed E-state index contributed by atoms with van der Waals surface area (Å²) in [6.07, 6.45) is 4.61. The largest absolute Gasteiger partial charge is 0.480 e. The highest BCUT2D eigenvalue weighted by molar-refractivity contribution is 5.96. The van der Waals surface area contributed by atoms with Gasteiger partial charge in [-0.25, -0.2) is 4.98 Å². The highest BCUT2D eigenvalue weighted by Crippen LogP contribution is 2.13. The van der Waals surface area contributed by atoms with Crippen LogP contribution in [0.25, 0.3) is 0 Å². The maximum absolute atomic E-state index is 12.1. The number of methoxy groups -OCH3 is 1. The van der Waals surface area contributed by atoms with Crippen LogP contribution in [-0.4, -0.2) is 30.6 Å². The lowest BCUT2D eigenvalue weighted by atomic mass is 10.1. The topological polar surface area (TPSA) is 77.2 Å². The molecule has 0 aromatic carbocycles. The van der Waals surface area contributed by atoms with E-state index < -0.39 is 0 Å². The predicted molar refractivity (Wildman–Crippen MR) is 70.6 cm³/mol. The van der Waals surface area contributed by atoms with Gasteiger partial charge in [-0.2, -0.15) is 0 Å². The third kappa shape index (κ3) is 4.00. The minimum Gasteiger partial charge on any atom is -0.480 e. The van der Waals surface area contributed by atoms with Gasteiger partial charge in [-0.15, -0.1) is 0 Å². The summed E-state index contributed by atoms with van der Waals surface area (Å²) in [5.74, 6) is 0.146. The molecule has 0 aliphatic heterocycles. The van der Waals surface area contributed by atoms with Crippen LogP contribution in [0.3, 0.4) is 0 Å². The maximum Gasteiger partial charge on any atom is 0.257 e. The fraction of sp³-hybridized carbons (Fsp3) is 0.538. The predicted octanol–water partition coefficient (Wildman–Crippen LogP) is 1.34. The van der Waals surface area contributed by atoms with Crippen LogP contribution in [0.2, 0.25) is 0 Å². The van der Waals surface area contributed by atoms with E-state index in [-0.39, 0.29) is 11.9 Å². The van der Waals surface area contributed by atoms with Gasteiger partial charge in [-0.3, -0.25) is 4.79 Å². The molecule has 1 aromatic rings. The van der Waals surface area contributed by atoms with E-state index in [0.717, 1.165) is 19.3 Å². The van der Waals surface area contributed by atoms with Crippen molar-refractivity contribution >= 4 is 5.91 Å². The minimum absolute atomic E-state index is 0.00219. The minimum atomic E-state index is -0.188. The SMILES string of the molecule is CCCCC(CN)NC(=O)c1cccnc1OC. The van der Waals surface area contributed by atoms with Crippen LogP contribution in [0, 0.1) is 0 Å². The summed E-state index contributed by atoms with van der Waals surface area (Å²) in [6.45, 7) is 2.55. The van der Waals surface area contributed by atoms with E-state index in [0.29, 0.717) is 18.0 Å². The van der Waals surface area contributed by atoms with Crippen molar-refractivity contribution < 1.29 is 9.53 Å². The second-order valence-electron chi connectivity index (χ2n) is 4.11. The molecule has 1 aromatic heterocycles. The number of amides is 1. The average molecular weight is 251 g/mol. The molecular formula is C13H21N3O2. The van der Waals surface area contributed by atoms with Gasteiger partial charge in [0.05, 0.1) is 7.11 Å². The first-order chi connectivity index (χ1) is 8.72. The maximum atomic E-state index is 12.1. The van der Waals surface area contributed by atoms with Crippen molar-refractivity contribution in [1.29, 1.82) is 0 Å². The number of carbonyl (C=O) groups excluding carboxylic acids is 1. The van der Waals surface area contributed by atoms with Gasteiger partial charge in [0.15, 0.2) is 0 Å². The fourth-order valence-corrected chi connectivity index (χ4v) is 1.69. The number of nitrogens with one attached hydrogen (secondary N) is 1. The molecule has 0 bridgehead atoms. The van der Waals surface area contributed by atoms with E-state index in [9.17, 15) is 4.79 Å². The van der Waals surface area contributed by atoms with Gasteiger partial charge < -0.3 is 15.8 Å². The molecular weight excluding hydrogens is 230 g/mol. The summed E-state index contributed by atoms with van der Waals surface area (Å²) < 4.78 is 5.06. The first-order valence-electron chi connectivity index (χ1n) is 6.22. The van der Waals surface area contributed by atoms with Crippen LogP contribution >= 0.6 is 0 Å². The number of rotatable bonds is 7. The molecule has 1 unspecified atom stereocenters. The number of pyridine rings is 1. The average Bonchev–Trinajstić information content (AvgIpc) is 2.43. The lowest BCUT2D eigenvalue weighted by Crippen LogP contribution is -2.40. The van der Waals surface area contributed by atoms with Crippen molar-refractivity contribution in [3.8, 4) is 5.88 Å². The van der Waals surface area contributed by atoms with Gasteiger partial charge in [-0.05, 0) is 18.6 Å². The zero-order valence-electron chi connectivity index (χ0n) is 11.0. The zero-order valence-corrected chi connectivity index (χ0v) is 11.0. The van der Waals surface area contributed by atoms with E-state index in [1.54, 1.807) is 18.3 Å². The summed E-state index contributed by atoms with van der Waals surface area (Å²) in [5.41, 5.74) is 6.09. The monoisotopic (exact) mass is 251 g/mol. The number of carbonyl (C=O) groups is 1. The molecule has 1 amide bonds. The Balaban J connectivity index is 2.68. The molecule has 0 fully saturated rings. The third-order valence-electron chi connectivity index (χ3n) is 2.74. The molecule has 0 spiro atoms. The molecule has 0 saturated carbocycles. The Morgan fingerprint density at radius 3 is 3.00 bits per heavy atom. The Kier molecular flexibility index (Phi) is 6.14. The number of unbranched alkanes of at least 4 members (excludes halogenated alkanes) is 1. The van der Waals surface area contributed by atoms with E-state index in [4.69, 9.17) is 10.5 Å². The lowest BCUT2D eigenvalue weighted by molar-refractivity contribution is 0.0932. The molecule has 18 heavy (non-hydrogen) atoms. The number of aromatic nitrogens is 1. The molecule has 5 nitrogen and oxygen atoms in total. The standard InChI is InChI=1S/C13H21N3O2/c1-3-4-6-10(9-14)16-12(17)11-7-5-8-15-13(11)18-2/h5,7-8,10H,3-4,6,9,14H2,1-2H3,(H,16,17). The zero-order chi connectivity index (χ0) is 13.4. The molecule has 0 saturated heterocycles. The van der Waals surface area contributed by atoms with E-state index in [1.165, 1.54) is 7.11 Å². The number of ether oxygens (including phenoxy) is 1. The molecule has 0 radical (unpaired) electrons. The van der Waals surface area contributed by atoms with Gasteiger partial charge >= 0.3 is 0 Å². The molecule has 1 heterocycles. The summed E-state index contributed by atoms with van der Waals surface area (Å²) in [4.78, 5) is 16.1. The van der Waals surface area contributed by atoms with E-state index in [2.05, 4.69) is 17.2 Å². The molecule has 0 aliphatic rings. The Hall–Kier alpha value is -1.62. The van der Waals surface area contributed by atoms with Crippen LogP contribution in [0.1, 0.15) is 36.5 Å². The van der Waals surface area contributed by atoms with Crippen molar-refractivity contribution in [3.05, 3.63) is 23.9 Å². The van der Waals surface area contributed by atoms with Gasteiger partial charge in [0.1, 0.15) is 5.56 Å². The third-order valence-corrected chi connectivity index (χ3v) is 2.74. The Morgan fingerprint density at radius 1 is 1.61 bits per heavy atom. The molecule has 0 aliphatic carbocycles. The highest BCUT2D eigenvalue weighted by Gasteiger charge is 2.16. The highest BCUT2D eigenvalue weighted by atomic mass is 16.5. The molecule has 1 rings (SSSR count). The van der Waals surface area contributed by atoms with Crippen LogP contribution in [0.15, 0.2) is 18.3 Å². The van der Waals surface area contributed by atoms with E-state index in [1.807, 2.05) is 0 Å². The lowest BCUT2D eigenvalue weighted by Gasteiger charge is -2.17. The summed E-state index contributed by atoms with van der Waals surface area (Å²) in [6, 6.07) is 3.40. The first-order valence-corrected chi connectivity index (χ1v) is 6.22. The smallest absolute Gasteiger partial charge is 0.257 e. The Bertz CT molecular complexity index is 382. The summed E-state index contributed by atoms with van der Waals surface area (Å²) in [5, 5.41) is 2.91. The summed E-state index contributed by atoms with van der Waals surface area (Å²) in [7, 11) is 1.50. The number of hydrogen-bond acceptors (Lipinski definition) is 4. The van der Waals surface area contributed by atoms with Crippen LogP contribution in [-0.2, 0) is 0 Å². The van der Waals surface area contributed by atoms with Gasteiger partial charge in [-0.1, -0.05) is 19.8 Å². The number of nitrogens with two attached hydrogens (primary N) is 1. The van der Waals surface area contributed by atoms with Gasteiger partial charge in [0, 0.05) is 18.8 Å². The van der Waals surface area contributed by atoms with Crippen molar-refractivity contribution in [2.24, 2.45) is 5.73 Å². The van der Waals surface area contributed by atoms with Crippen molar-refractivity contribution in [1.82, 2.24) is 10.3 Å². The van der Waals surface area contributed by atoms with Crippen LogP contribution < -0.4 is 15.8 Å². The van der Waals surface area contributed by atoms with E-state index >= 15 is 0 Å². The van der Waals surface area contributed by atoms with Gasteiger partial charge in [0.2, 0.25) is 5.88 Å². The normalized spacial score (nSPS) is 11.9. The Labute approximate surface area is 108 Å². The second kappa shape index (κ2) is 7.66. The fourth-order valence-electron chi connectivity index (χ4n) is 1.69. The van der Waals surface area contributed by atoms with Crippen molar-refractivity contribution in [2.75, 3.05) is 13.7 Å². The van der Waals surface area contributed by atoms with Crippen LogP contribution in [0.4, 0.5) is 0 Å². The first kappa shape index (κ1) is 14.4. The second-order valence-corrected chi connectivity index (χ2v) is 4.11. The molecule has 5 heteroatoms. The van der Waals surface area contributed by atoms with Crippen molar-refractivity contribution in [3.63, 3.8) is 0 Å². The number of hydrogen-bond donors (Lipinski definition) is 2. The quantitative estimate of drug-likeness (QED) is 0.766. The van der Waals surface area contributed by atoms with Crippen LogP contribution in [0.5, 0.6) is 5.88 Å². The number of nitrogens with zero attached hydrogens (tertiary/aromatic N) is 1. The van der Waals surface area contributed by atoms with Gasteiger partial charge in [0.25, 0.3) is 5.91 Å². The Morgan fingerprint density at radius 2 is 2.39 bits per heavy atom.